The van der Waals surface area contributed by atoms with Gasteiger partial charge in [-0.2, -0.15) is 0 Å². The lowest BCUT2D eigenvalue weighted by molar-refractivity contribution is -0.142. The normalized spacial score (nSPS) is 25.2. The highest BCUT2D eigenvalue weighted by Gasteiger charge is 2.31. The van der Waals surface area contributed by atoms with Crippen molar-refractivity contribution in [3.63, 3.8) is 0 Å². The summed E-state index contributed by atoms with van der Waals surface area (Å²) in [4.78, 5) is 26.3. The van der Waals surface area contributed by atoms with Crippen LogP contribution in [0, 0.1) is 5.92 Å². The zero-order valence-electron chi connectivity index (χ0n) is 19.0. The molecule has 3 rings (SSSR count). The van der Waals surface area contributed by atoms with E-state index in [1.807, 2.05) is 11.9 Å². The monoisotopic (exact) mass is 536 g/mol. The number of carbonyl (C=O) groups is 1. The van der Waals surface area contributed by atoms with Crippen LogP contribution in [0.3, 0.4) is 0 Å². The Morgan fingerprint density at radius 1 is 1.07 bits per heavy atom. The van der Waals surface area contributed by atoms with Crippen molar-refractivity contribution in [2.45, 2.75) is 32.8 Å². The van der Waals surface area contributed by atoms with Gasteiger partial charge in [-0.25, -0.2) is 0 Å². The topological polar surface area (TPSA) is 63.7 Å². The lowest BCUT2D eigenvalue weighted by Gasteiger charge is -2.38. The number of nitrogens with zero attached hydrogens (tertiary/aromatic N) is 5. The summed E-state index contributed by atoms with van der Waals surface area (Å²) in [6.07, 6.45) is 1.66. The molecule has 3 aliphatic rings. The van der Waals surface area contributed by atoms with E-state index in [0.717, 1.165) is 71.2 Å². The molecule has 2 unspecified atom stereocenters. The van der Waals surface area contributed by atoms with Crippen molar-refractivity contribution in [2.24, 2.45) is 10.9 Å². The fraction of sp³-hybridized carbons (Fsp3) is 0.905. The van der Waals surface area contributed by atoms with Gasteiger partial charge < -0.3 is 29.7 Å². The minimum Gasteiger partial charge on any atom is -0.368 e. The third-order valence-corrected chi connectivity index (χ3v) is 6.40. The fourth-order valence-electron chi connectivity index (χ4n) is 4.51. The first kappa shape index (κ1) is 25.6. The van der Waals surface area contributed by atoms with Gasteiger partial charge in [0.1, 0.15) is 6.10 Å². The van der Waals surface area contributed by atoms with Gasteiger partial charge in [0.15, 0.2) is 5.96 Å². The van der Waals surface area contributed by atoms with Crippen molar-refractivity contribution in [3.05, 3.63) is 0 Å². The van der Waals surface area contributed by atoms with Crippen LogP contribution in [0.4, 0.5) is 0 Å². The molecule has 0 bridgehead atoms. The lowest BCUT2D eigenvalue weighted by atomic mass is 10.1. The second-order valence-corrected chi connectivity index (χ2v) is 8.58. The van der Waals surface area contributed by atoms with Crippen LogP contribution in [0.1, 0.15) is 26.7 Å². The Balaban J connectivity index is 0.00000320. The Kier molecular flexibility index (Phi) is 11.1. The summed E-state index contributed by atoms with van der Waals surface area (Å²) in [6, 6.07) is 0. The number of likely N-dealkylation sites (N-methyl/N-ethyl adjacent to an activating group) is 1. The van der Waals surface area contributed by atoms with E-state index in [1.165, 1.54) is 26.2 Å². The van der Waals surface area contributed by atoms with Crippen LogP contribution in [0.25, 0.3) is 0 Å². The number of piperazine rings is 2. The number of ether oxygens (including phenoxy) is 1. The van der Waals surface area contributed by atoms with Crippen molar-refractivity contribution >= 4 is 35.8 Å². The summed E-state index contributed by atoms with van der Waals surface area (Å²) in [5.74, 6) is 1.70. The number of hydrogen-bond acceptors (Lipinski definition) is 5. The third-order valence-electron chi connectivity index (χ3n) is 6.40. The molecule has 1 N–H and O–H groups in total. The first-order valence-electron chi connectivity index (χ1n) is 11.4. The number of rotatable bonds is 6. The Morgan fingerprint density at radius 3 is 2.27 bits per heavy atom. The molecule has 0 radical (unpaired) electrons. The van der Waals surface area contributed by atoms with Gasteiger partial charge in [-0.05, 0) is 25.3 Å². The lowest BCUT2D eigenvalue weighted by Crippen LogP contribution is -2.56. The molecule has 174 valence electrons. The largest absolute Gasteiger partial charge is 0.368 e. The standard InChI is InChI=1S/C21H40N6O2.HI/c1-4-24-7-9-25(10-8-24)17-18(2)16-23-21(22-3)27-13-11-26(12-14-27)20(28)19-6-5-15-29-19;/h18-19H,4-17H2,1-3H3,(H,22,23);1H. The third kappa shape index (κ3) is 7.20. The predicted octanol–water partition coefficient (Wildman–Crippen LogP) is 0.777. The van der Waals surface area contributed by atoms with Crippen LogP contribution in [0.2, 0.25) is 0 Å². The van der Waals surface area contributed by atoms with E-state index >= 15 is 0 Å². The van der Waals surface area contributed by atoms with Crippen LogP contribution in [0.5, 0.6) is 0 Å². The van der Waals surface area contributed by atoms with Crippen molar-refractivity contribution in [1.29, 1.82) is 0 Å². The molecule has 9 heteroatoms. The summed E-state index contributed by atoms with van der Waals surface area (Å²) in [5, 5.41) is 3.56. The molecule has 0 aromatic rings. The second kappa shape index (κ2) is 13.0. The summed E-state index contributed by atoms with van der Waals surface area (Å²) >= 11 is 0. The van der Waals surface area contributed by atoms with Gasteiger partial charge in [0, 0.05) is 79.1 Å². The number of hydrogen-bond donors (Lipinski definition) is 1. The van der Waals surface area contributed by atoms with E-state index in [1.54, 1.807) is 0 Å². The van der Waals surface area contributed by atoms with E-state index < -0.39 is 0 Å². The first-order chi connectivity index (χ1) is 14.1. The summed E-state index contributed by atoms with van der Waals surface area (Å²) in [6.45, 7) is 16.4. The molecule has 8 nitrogen and oxygen atoms in total. The van der Waals surface area contributed by atoms with Crippen molar-refractivity contribution < 1.29 is 9.53 Å². The molecular formula is C21H41IN6O2. The van der Waals surface area contributed by atoms with Crippen LogP contribution < -0.4 is 5.32 Å². The smallest absolute Gasteiger partial charge is 0.251 e. The highest BCUT2D eigenvalue weighted by molar-refractivity contribution is 14.0. The molecular weight excluding hydrogens is 495 g/mol. The molecule has 3 aliphatic heterocycles. The molecule has 0 aliphatic carbocycles. The van der Waals surface area contributed by atoms with Gasteiger partial charge >= 0.3 is 0 Å². The van der Waals surface area contributed by atoms with Crippen LogP contribution >= 0.6 is 24.0 Å². The molecule has 2 atom stereocenters. The van der Waals surface area contributed by atoms with E-state index in [2.05, 4.69) is 38.9 Å². The molecule has 3 fully saturated rings. The average Bonchev–Trinajstić information content (AvgIpc) is 3.29. The molecule has 0 aromatic carbocycles. The number of nitrogens with one attached hydrogen (secondary N) is 1. The van der Waals surface area contributed by atoms with Crippen molar-refractivity contribution in [1.82, 2.24) is 24.9 Å². The number of guanidine groups is 1. The highest BCUT2D eigenvalue weighted by Crippen LogP contribution is 2.16. The molecule has 0 aromatic heterocycles. The van der Waals surface area contributed by atoms with Gasteiger partial charge in [-0.15, -0.1) is 24.0 Å². The minimum atomic E-state index is -0.209. The van der Waals surface area contributed by atoms with Crippen LogP contribution in [-0.4, -0.2) is 123 Å². The minimum absolute atomic E-state index is 0. The summed E-state index contributed by atoms with van der Waals surface area (Å²) in [7, 11) is 1.85. The van der Waals surface area contributed by atoms with E-state index in [-0.39, 0.29) is 36.0 Å². The van der Waals surface area contributed by atoms with E-state index in [0.29, 0.717) is 5.92 Å². The van der Waals surface area contributed by atoms with Gasteiger partial charge in [0.25, 0.3) is 5.91 Å². The quantitative estimate of drug-likeness (QED) is 0.308. The van der Waals surface area contributed by atoms with Gasteiger partial charge in [0.2, 0.25) is 0 Å². The molecule has 3 heterocycles. The maximum absolute atomic E-state index is 12.5. The number of amides is 1. The van der Waals surface area contributed by atoms with Gasteiger partial charge in [-0.1, -0.05) is 13.8 Å². The SMILES string of the molecule is CCN1CCN(CC(C)CNC(=NC)N2CCN(C(=O)C3CCCO3)CC2)CC1.I. The van der Waals surface area contributed by atoms with Gasteiger partial charge in [-0.3, -0.25) is 9.79 Å². The van der Waals surface area contributed by atoms with Crippen molar-refractivity contribution in [3.8, 4) is 0 Å². The molecule has 30 heavy (non-hydrogen) atoms. The van der Waals surface area contributed by atoms with Gasteiger partial charge in [0.05, 0.1) is 0 Å². The van der Waals surface area contributed by atoms with Crippen molar-refractivity contribution in [2.75, 3.05) is 85.6 Å². The number of halogens is 1. The van der Waals surface area contributed by atoms with E-state index in [4.69, 9.17) is 4.74 Å². The fourth-order valence-corrected chi connectivity index (χ4v) is 4.51. The maximum atomic E-state index is 12.5. The Labute approximate surface area is 199 Å². The Hall–Kier alpha value is -0.650. The number of carbonyl (C=O) groups excluding carboxylic acids is 1. The van der Waals surface area contributed by atoms with E-state index in [9.17, 15) is 4.79 Å². The Bertz CT molecular complexity index is 542. The first-order valence-corrected chi connectivity index (χ1v) is 11.4. The molecule has 1 amide bonds. The zero-order chi connectivity index (χ0) is 20.6. The average molecular weight is 537 g/mol. The second-order valence-electron chi connectivity index (χ2n) is 8.58. The number of aliphatic imine (C=N–C) groups is 1. The predicted molar refractivity (Wildman–Crippen MR) is 132 cm³/mol. The zero-order valence-corrected chi connectivity index (χ0v) is 21.3. The Morgan fingerprint density at radius 2 is 1.70 bits per heavy atom. The molecule has 0 saturated carbocycles. The summed E-state index contributed by atoms with van der Waals surface area (Å²) in [5.41, 5.74) is 0. The maximum Gasteiger partial charge on any atom is 0.251 e. The van der Waals surface area contributed by atoms with Crippen LogP contribution in [-0.2, 0) is 9.53 Å². The van der Waals surface area contributed by atoms with Crippen LogP contribution in [0.15, 0.2) is 4.99 Å². The molecule has 0 spiro atoms. The molecule has 3 saturated heterocycles. The highest BCUT2D eigenvalue weighted by atomic mass is 127. The summed E-state index contributed by atoms with van der Waals surface area (Å²) < 4.78 is 5.56.